The minimum atomic E-state index is -1.97. The lowest BCUT2D eigenvalue weighted by atomic mass is 9.96. The van der Waals surface area contributed by atoms with Crippen molar-refractivity contribution in [3.63, 3.8) is 0 Å². The highest BCUT2D eigenvalue weighted by Crippen LogP contribution is 2.45. The predicted molar refractivity (Wildman–Crippen MR) is 189 cm³/mol. The van der Waals surface area contributed by atoms with Crippen LogP contribution >= 0.6 is 0 Å². The summed E-state index contributed by atoms with van der Waals surface area (Å²) in [6, 6.07) is 0. The van der Waals surface area contributed by atoms with Gasteiger partial charge in [0.15, 0.2) is 37.7 Å². The van der Waals surface area contributed by atoms with E-state index in [0.717, 1.165) is 0 Å². The quantitative estimate of drug-likeness (QED) is 0.110. The summed E-state index contributed by atoms with van der Waals surface area (Å²) in [5.74, 6) is 0. The Labute approximate surface area is 361 Å². The van der Waals surface area contributed by atoms with Crippen LogP contribution in [0.4, 0.5) is 0 Å². The lowest BCUT2D eigenvalue weighted by molar-refractivity contribution is -0.385. The van der Waals surface area contributed by atoms with E-state index in [2.05, 4.69) is 0 Å². The van der Waals surface area contributed by atoms with Crippen molar-refractivity contribution in [3.8, 4) is 0 Å². The molecule has 18 rings (SSSR count). The standard InChI is InChI=1S/C36H56O28/c37-1-7-21-13(43)19(49)33(53-7)63-25-11(5-41)55-35(29-27(25)57-29)62-24-10(4-40)52-32(18(48)16(24)46)60-22-8(2-38)54-34(20(50)14(22)44)64-26-12(6-42)56-36(30-28(26)58-30)61-23-9(3-39)51-31(59-21)17(47)15(23)45/h7-50H,1-6H2/t7-,8-,9-,10-,11-,12-,13-,14-,15-,16-,17-,18-,19-,20-,21-,22-,23-,24-,25-,26-,27+,28+,29+,30+,31-,32-,33-,34-,35-,36-/m1/s1. The zero-order valence-corrected chi connectivity index (χ0v) is 33.5. The van der Waals surface area contributed by atoms with Crippen molar-refractivity contribution >= 4 is 0 Å². The molecule has 368 valence electrons. The molecule has 28 heteroatoms. The summed E-state index contributed by atoms with van der Waals surface area (Å²) < 4.78 is 81.8. The Morgan fingerprint density at radius 1 is 0.188 bits per heavy atom. The van der Waals surface area contributed by atoms with Gasteiger partial charge in [0, 0.05) is 0 Å². The van der Waals surface area contributed by atoms with Crippen molar-refractivity contribution in [1.29, 1.82) is 0 Å². The first kappa shape index (κ1) is 47.9. The molecule has 0 aromatic heterocycles. The van der Waals surface area contributed by atoms with Gasteiger partial charge in [-0.2, -0.15) is 0 Å². The van der Waals surface area contributed by atoms with Gasteiger partial charge in [-0.05, 0) is 0 Å². The smallest absolute Gasteiger partial charge is 0.187 e. The average molecular weight is 937 g/mol. The third kappa shape index (κ3) is 8.65. The molecule has 0 unspecified atom stereocenters. The van der Waals surface area contributed by atoms with E-state index < -0.39 is 224 Å². The molecule has 0 saturated carbocycles. The predicted octanol–water partition coefficient (Wildman–Crippen LogP) is -11.0. The van der Waals surface area contributed by atoms with Gasteiger partial charge in [0.2, 0.25) is 0 Å². The minimum absolute atomic E-state index is 0.751. The van der Waals surface area contributed by atoms with Crippen molar-refractivity contribution in [2.75, 3.05) is 39.6 Å². The van der Waals surface area contributed by atoms with Crippen LogP contribution in [-0.4, -0.2) is 295 Å². The Hall–Kier alpha value is -1.12. The average Bonchev–Trinajstić information content (AvgIpc) is 4.24. The topological polar surface area (TPSA) is 419 Å². The van der Waals surface area contributed by atoms with E-state index in [1.807, 2.05) is 0 Å². The number of rotatable bonds is 6. The van der Waals surface area contributed by atoms with Gasteiger partial charge >= 0.3 is 0 Å². The molecule has 0 radical (unpaired) electrons. The van der Waals surface area contributed by atoms with Crippen molar-refractivity contribution in [3.05, 3.63) is 0 Å². The molecular formula is C36H56O28. The second-order valence-electron chi connectivity index (χ2n) is 17.0. The Morgan fingerprint density at radius 2 is 0.391 bits per heavy atom. The molecule has 0 aliphatic carbocycles. The van der Waals surface area contributed by atoms with Gasteiger partial charge in [0.1, 0.15) is 146 Å². The van der Waals surface area contributed by atoms with E-state index in [4.69, 9.17) is 66.3 Å². The molecule has 18 aliphatic heterocycles. The summed E-state index contributed by atoms with van der Waals surface area (Å²) in [6.45, 7) is -4.90. The van der Waals surface area contributed by atoms with E-state index >= 15 is 0 Å². The van der Waals surface area contributed by atoms with E-state index in [1.165, 1.54) is 0 Å². The fourth-order valence-electron chi connectivity index (χ4n) is 9.42. The Morgan fingerprint density at radius 3 is 0.641 bits per heavy atom. The van der Waals surface area contributed by atoms with Crippen LogP contribution in [0.3, 0.4) is 0 Å². The highest BCUT2D eigenvalue weighted by molar-refractivity contribution is 5.06. The van der Waals surface area contributed by atoms with E-state index in [0.29, 0.717) is 0 Å². The van der Waals surface area contributed by atoms with Crippen LogP contribution in [0.2, 0.25) is 0 Å². The maximum Gasteiger partial charge on any atom is 0.187 e. The van der Waals surface area contributed by atoms with Gasteiger partial charge in [-0.25, -0.2) is 0 Å². The molecule has 18 saturated heterocycles. The number of aliphatic hydroxyl groups is 14. The van der Waals surface area contributed by atoms with E-state index in [9.17, 15) is 71.5 Å². The van der Waals surface area contributed by atoms with Crippen molar-refractivity contribution in [2.45, 2.75) is 184 Å². The van der Waals surface area contributed by atoms with Crippen LogP contribution in [0.15, 0.2) is 0 Å². The SMILES string of the molecule is OC[C@H]1O[C@@H]2O[C@H]3[C@@H]4O[C@@H]4[C@@H](O[C@H]4[C@H](O)[C@@H](O)[C@@H](O[C@H]5[C@H](O)[C@@H](O)[C@@H](O[C@H]6[C@@H]7O[C@@H]7[C@@H](O[C@H]7[C@H](O)[C@@H](O)[C@@H](O[C@H]1[C@H](O)[C@H]2O)O[C@@H]7CO)O[C@@H]6CO)O[C@@H]5CO)O[C@@H]4CO)O[C@@H]3CO. The molecule has 18 heterocycles. The summed E-state index contributed by atoms with van der Waals surface area (Å²) in [4.78, 5) is 0. The Balaban J connectivity index is 0.987. The zero-order chi connectivity index (χ0) is 45.5. The molecular weight excluding hydrogens is 880 g/mol. The number of epoxide rings is 2. The first-order chi connectivity index (χ1) is 30.7. The lowest BCUT2D eigenvalue weighted by Crippen LogP contribution is -2.67. The van der Waals surface area contributed by atoms with Crippen molar-refractivity contribution < 1.29 is 138 Å². The first-order valence-electron chi connectivity index (χ1n) is 21.0. The molecule has 12 bridgehead atoms. The summed E-state index contributed by atoms with van der Waals surface area (Å²) in [5, 5.41) is 152. The van der Waals surface area contributed by atoms with E-state index in [-0.39, 0.29) is 0 Å². The van der Waals surface area contributed by atoms with Gasteiger partial charge < -0.3 is 138 Å². The largest absolute Gasteiger partial charge is 0.394 e. The number of hydrogen-bond acceptors (Lipinski definition) is 28. The van der Waals surface area contributed by atoms with Gasteiger partial charge in [-0.1, -0.05) is 0 Å². The van der Waals surface area contributed by atoms with Crippen molar-refractivity contribution in [2.24, 2.45) is 0 Å². The molecule has 0 amide bonds. The fourth-order valence-corrected chi connectivity index (χ4v) is 9.42. The summed E-state index contributed by atoms with van der Waals surface area (Å²) in [7, 11) is 0. The van der Waals surface area contributed by atoms with Gasteiger partial charge in [0.05, 0.1) is 39.6 Å². The molecule has 0 spiro atoms. The Kier molecular flexibility index (Phi) is 14.5. The number of aliphatic hydroxyl groups excluding tert-OH is 14. The van der Waals surface area contributed by atoms with Crippen LogP contribution in [0, 0.1) is 0 Å². The van der Waals surface area contributed by atoms with E-state index in [1.54, 1.807) is 0 Å². The summed E-state index contributed by atoms with van der Waals surface area (Å²) in [5.41, 5.74) is 0. The zero-order valence-electron chi connectivity index (χ0n) is 33.5. The molecule has 18 fully saturated rings. The second kappa shape index (κ2) is 19.3. The van der Waals surface area contributed by atoms with Crippen LogP contribution in [0.5, 0.6) is 0 Å². The third-order valence-corrected chi connectivity index (χ3v) is 13.0. The van der Waals surface area contributed by atoms with Crippen LogP contribution in [-0.2, 0) is 66.3 Å². The number of ether oxygens (including phenoxy) is 14. The molecule has 28 nitrogen and oxygen atoms in total. The highest BCUT2D eigenvalue weighted by atomic mass is 16.8. The molecule has 14 N–H and O–H groups in total. The third-order valence-electron chi connectivity index (χ3n) is 13.0. The number of hydrogen-bond donors (Lipinski definition) is 14. The highest BCUT2D eigenvalue weighted by Gasteiger charge is 2.65. The molecule has 0 aromatic rings. The van der Waals surface area contributed by atoms with Crippen LogP contribution < -0.4 is 0 Å². The van der Waals surface area contributed by atoms with Crippen LogP contribution in [0.1, 0.15) is 0 Å². The molecule has 0 aromatic carbocycles. The van der Waals surface area contributed by atoms with Crippen molar-refractivity contribution in [1.82, 2.24) is 0 Å². The first-order valence-corrected chi connectivity index (χ1v) is 21.0. The summed E-state index contributed by atoms with van der Waals surface area (Å²) in [6.07, 6.45) is -46.6. The van der Waals surface area contributed by atoms with Gasteiger partial charge in [-0.15, -0.1) is 0 Å². The lowest BCUT2D eigenvalue weighted by Gasteiger charge is -2.48. The Bertz CT molecular complexity index is 1440. The van der Waals surface area contributed by atoms with Gasteiger partial charge in [0.25, 0.3) is 0 Å². The fraction of sp³-hybridized carbons (Fsp3) is 1.00. The molecule has 64 heavy (non-hydrogen) atoms. The molecule has 30 atom stereocenters. The monoisotopic (exact) mass is 936 g/mol. The van der Waals surface area contributed by atoms with Crippen LogP contribution in [0.25, 0.3) is 0 Å². The minimum Gasteiger partial charge on any atom is -0.394 e. The molecule has 18 aliphatic rings. The summed E-state index contributed by atoms with van der Waals surface area (Å²) >= 11 is 0. The second-order valence-corrected chi connectivity index (χ2v) is 17.0. The van der Waals surface area contributed by atoms with Gasteiger partial charge in [-0.3, -0.25) is 0 Å². The normalized spacial score (nSPS) is 57.7. The maximum absolute atomic E-state index is 11.3. The maximum atomic E-state index is 11.3.